The third-order valence-electron chi connectivity index (χ3n) is 2.19. The van der Waals surface area contributed by atoms with E-state index in [4.69, 9.17) is 10.6 Å². The van der Waals surface area contributed by atoms with Gasteiger partial charge in [-0.25, -0.2) is 10.7 Å². The largest absolute Gasteiger partial charge is 0.444 e. The van der Waals surface area contributed by atoms with Crippen molar-refractivity contribution in [2.45, 2.75) is 52.4 Å². The molecule has 0 aromatic rings. The molecule has 0 fully saturated rings. The third kappa shape index (κ3) is 4.99. The standard InChI is InChI=1S/C10H22N2O3/c1-7(8(2)15-11)12(6)9(13)14-10(3,4)5/h7-8H,11H2,1-6H3. The molecule has 0 heterocycles. The van der Waals surface area contributed by atoms with Crippen LogP contribution in [0.4, 0.5) is 4.79 Å². The van der Waals surface area contributed by atoms with Crippen LogP contribution in [0.3, 0.4) is 0 Å². The molecule has 1 amide bonds. The molecule has 0 aliphatic rings. The Kier molecular flexibility index (Phi) is 5.03. The minimum absolute atomic E-state index is 0.134. The minimum Gasteiger partial charge on any atom is -0.444 e. The molecule has 0 aromatic heterocycles. The van der Waals surface area contributed by atoms with Crippen molar-refractivity contribution in [1.29, 1.82) is 0 Å². The normalized spacial score (nSPS) is 15.7. The zero-order chi connectivity index (χ0) is 12.2. The minimum atomic E-state index is -0.488. The van der Waals surface area contributed by atoms with Crippen LogP contribution >= 0.6 is 0 Å². The second-order valence-corrected chi connectivity index (χ2v) is 4.67. The highest BCUT2D eigenvalue weighted by atomic mass is 16.6. The number of carbonyl (C=O) groups excluding carboxylic acids is 1. The summed E-state index contributed by atoms with van der Waals surface area (Å²) in [5, 5.41) is 0. The Morgan fingerprint density at radius 2 is 1.80 bits per heavy atom. The lowest BCUT2D eigenvalue weighted by molar-refractivity contribution is -0.0141. The van der Waals surface area contributed by atoms with Crippen molar-refractivity contribution < 1.29 is 14.4 Å². The molecule has 90 valence electrons. The van der Waals surface area contributed by atoms with Crippen LogP contribution in [0, 0.1) is 0 Å². The molecular weight excluding hydrogens is 196 g/mol. The van der Waals surface area contributed by atoms with E-state index in [1.165, 1.54) is 4.90 Å². The first-order valence-electron chi connectivity index (χ1n) is 5.00. The zero-order valence-electron chi connectivity index (χ0n) is 10.4. The maximum absolute atomic E-state index is 11.6. The lowest BCUT2D eigenvalue weighted by Crippen LogP contribution is -2.45. The highest BCUT2D eigenvalue weighted by Crippen LogP contribution is 2.12. The summed E-state index contributed by atoms with van der Waals surface area (Å²) in [5.41, 5.74) is -0.488. The number of nitrogens with zero attached hydrogens (tertiary/aromatic N) is 1. The monoisotopic (exact) mass is 218 g/mol. The number of carbonyl (C=O) groups is 1. The van der Waals surface area contributed by atoms with Crippen LogP contribution in [0.2, 0.25) is 0 Å². The molecule has 0 rings (SSSR count). The van der Waals surface area contributed by atoms with E-state index in [1.807, 2.05) is 27.7 Å². The lowest BCUT2D eigenvalue weighted by atomic mass is 10.2. The van der Waals surface area contributed by atoms with Crippen molar-refractivity contribution in [3.63, 3.8) is 0 Å². The predicted octanol–water partition coefficient (Wildman–Crippen LogP) is 1.52. The van der Waals surface area contributed by atoms with Crippen molar-refractivity contribution in [2.75, 3.05) is 7.05 Å². The van der Waals surface area contributed by atoms with Gasteiger partial charge in [-0.3, -0.25) is 4.84 Å². The summed E-state index contributed by atoms with van der Waals surface area (Å²) < 4.78 is 5.21. The van der Waals surface area contributed by atoms with Gasteiger partial charge in [0.1, 0.15) is 5.60 Å². The lowest BCUT2D eigenvalue weighted by Gasteiger charge is -2.30. The Hall–Kier alpha value is -0.810. The molecule has 2 unspecified atom stereocenters. The number of rotatable bonds is 3. The van der Waals surface area contributed by atoms with Gasteiger partial charge in [0.2, 0.25) is 0 Å². The van der Waals surface area contributed by atoms with Gasteiger partial charge in [0.15, 0.2) is 0 Å². The maximum atomic E-state index is 11.6. The Bertz CT molecular complexity index is 213. The fourth-order valence-electron chi connectivity index (χ4n) is 0.929. The average molecular weight is 218 g/mol. The molecule has 0 saturated carbocycles. The number of nitrogens with two attached hydrogens (primary N) is 1. The van der Waals surface area contributed by atoms with Gasteiger partial charge in [-0.15, -0.1) is 0 Å². The molecule has 0 aliphatic carbocycles. The van der Waals surface area contributed by atoms with Crippen molar-refractivity contribution in [3.8, 4) is 0 Å². The zero-order valence-corrected chi connectivity index (χ0v) is 10.4. The van der Waals surface area contributed by atoms with Crippen LogP contribution < -0.4 is 5.90 Å². The van der Waals surface area contributed by atoms with Crippen molar-refractivity contribution in [1.82, 2.24) is 4.90 Å². The van der Waals surface area contributed by atoms with Crippen LogP contribution in [0.1, 0.15) is 34.6 Å². The van der Waals surface area contributed by atoms with Crippen molar-refractivity contribution in [3.05, 3.63) is 0 Å². The van der Waals surface area contributed by atoms with E-state index in [-0.39, 0.29) is 18.2 Å². The first-order valence-corrected chi connectivity index (χ1v) is 5.00. The van der Waals surface area contributed by atoms with E-state index in [0.717, 1.165) is 0 Å². The van der Waals surface area contributed by atoms with Crippen LogP contribution in [-0.4, -0.2) is 35.8 Å². The van der Waals surface area contributed by atoms with E-state index in [1.54, 1.807) is 14.0 Å². The Morgan fingerprint density at radius 3 is 2.13 bits per heavy atom. The molecule has 0 radical (unpaired) electrons. The summed E-state index contributed by atoms with van der Waals surface area (Å²) in [4.78, 5) is 17.8. The van der Waals surface area contributed by atoms with Crippen molar-refractivity contribution in [2.24, 2.45) is 5.90 Å². The maximum Gasteiger partial charge on any atom is 0.410 e. The molecule has 0 saturated heterocycles. The molecule has 0 spiro atoms. The quantitative estimate of drug-likeness (QED) is 0.729. The van der Waals surface area contributed by atoms with E-state index in [2.05, 4.69) is 4.84 Å². The number of amides is 1. The third-order valence-corrected chi connectivity index (χ3v) is 2.19. The molecule has 5 nitrogen and oxygen atoms in total. The van der Waals surface area contributed by atoms with Crippen LogP contribution in [0.5, 0.6) is 0 Å². The molecule has 0 bridgehead atoms. The summed E-state index contributed by atoms with van der Waals surface area (Å²) in [6, 6.07) is -0.134. The smallest absolute Gasteiger partial charge is 0.410 e. The Balaban J connectivity index is 4.32. The fraction of sp³-hybridized carbons (Fsp3) is 0.900. The highest BCUT2D eigenvalue weighted by Gasteiger charge is 2.26. The molecule has 0 aliphatic heterocycles. The summed E-state index contributed by atoms with van der Waals surface area (Å²) in [6.07, 6.45) is -0.610. The molecule has 2 atom stereocenters. The number of hydrogen-bond donors (Lipinski definition) is 1. The van der Waals surface area contributed by atoms with Crippen molar-refractivity contribution >= 4 is 6.09 Å². The second-order valence-electron chi connectivity index (χ2n) is 4.67. The van der Waals surface area contributed by atoms with Gasteiger partial charge in [0.05, 0.1) is 12.1 Å². The second kappa shape index (κ2) is 5.32. The van der Waals surface area contributed by atoms with E-state index < -0.39 is 5.60 Å². The van der Waals surface area contributed by atoms with Crippen LogP contribution in [0.25, 0.3) is 0 Å². The van der Waals surface area contributed by atoms with Crippen LogP contribution in [0.15, 0.2) is 0 Å². The fourth-order valence-corrected chi connectivity index (χ4v) is 0.929. The summed E-state index contributed by atoms with van der Waals surface area (Å²) in [6.45, 7) is 9.12. The van der Waals surface area contributed by atoms with Gasteiger partial charge >= 0.3 is 6.09 Å². The van der Waals surface area contributed by atoms with Gasteiger partial charge in [0.25, 0.3) is 0 Å². The number of likely N-dealkylation sites (N-methyl/N-ethyl adjacent to an activating group) is 1. The summed E-state index contributed by atoms with van der Waals surface area (Å²) in [5.74, 6) is 5.06. The van der Waals surface area contributed by atoms with Crippen LogP contribution in [-0.2, 0) is 9.57 Å². The topological polar surface area (TPSA) is 64.8 Å². The molecule has 2 N–H and O–H groups in total. The Morgan fingerprint density at radius 1 is 1.33 bits per heavy atom. The average Bonchev–Trinajstić information content (AvgIpc) is 2.11. The van der Waals surface area contributed by atoms with E-state index in [0.29, 0.717) is 0 Å². The summed E-state index contributed by atoms with van der Waals surface area (Å²) in [7, 11) is 1.66. The van der Waals surface area contributed by atoms with Gasteiger partial charge in [-0.05, 0) is 34.6 Å². The molecule has 15 heavy (non-hydrogen) atoms. The molecule has 0 aromatic carbocycles. The number of hydrogen-bond acceptors (Lipinski definition) is 4. The van der Waals surface area contributed by atoms with E-state index in [9.17, 15) is 4.79 Å². The van der Waals surface area contributed by atoms with E-state index >= 15 is 0 Å². The first kappa shape index (κ1) is 14.2. The van der Waals surface area contributed by atoms with Gasteiger partial charge in [0, 0.05) is 7.05 Å². The number of ether oxygens (including phenoxy) is 1. The van der Waals surface area contributed by atoms with Gasteiger partial charge < -0.3 is 9.64 Å². The van der Waals surface area contributed by atoms with Gasteiger partial charge in [-0.1, -0.05) is 0 Å². The molecule has 5 heteroatoms. The first-order chi connectivity index (χ1) is 6.69. The highest BCUT2D eigenvalue weighted by molar-refractivity contribution is 5.68. The summed E-state index contributed by atoms with van der Waals surface area (Å²) >= 11 is 0. The Labute approximate surface area is 91.5 Å². The SMILES string of the molecule is CC(ON)C(C)N(C)C(=O)OC(C)(C)C. The molecular formula is C10H22N2O3. The van der Waals surface area contributed by atoms with Gasteiger partial charge in [-0.2, -0.15) is 0 Å². The predicted molar refractivity (Wildman–Crippen MR) is 58.2 cm³/mol.